The number of benzene rings is 1. The van der Waals surface area contributed by atoms with Crippen molar-refractivity contribution in [2.45, 2.75) is 13.0 Å². The Labute approximate surface area is 89.4 Å². The first-order valence-electron chi connectivity index (χ1n) is 5.01. The first kappa shape index (κ1) is 11.9. The molecule has 1 aromatic carbocycles. The SMILES string of the molecule is COc1cccc(CNCCCN)c1F. The zero-order chi connectivity index (χ0) is 11.1. The van der Waals surface area contributed by atoms with Crippen LogP contribution in [0.5, 0.6) is 5.75 Å². The van der Waals surface area contributed by atoms with Crippen molar-refractivity contribution in [2.75, 3.05) is 20.2 Å². The summed E-state index contributed by atoms with van der Waals surface area (Å²) in [6.45, 7) is 1.95. The van der Waals surface area contributed by atoms with Crippen LogP contribution in [0, 0.1) is 5.82 Å². The minimum absolute atomic E-state index is 0.285. The van der Waals surface area contributed by atoms with Crippen molar-refractivity contribution in [3.05, 3.63) is 29.6 Å². The second-order valence-electron chi connectivity index (χ2n) is 3.25. The predicted octanol–water partition coefficient (Wildman–Crippen LogP) is 1.27. The highest BCUT2D eigenvalue weighted by atomic mass is 19.1. The van der Waals surface area contributed by atoms with Crippen LogP contribution >= 0.6 is 0 Å². The van der Waals surface area contributed by atoms with Crippen molar-refractivity contribution in [3.63, 3.8) is 0 Å². The molecular formula is C11H17FN2O. The third-order valence-electron chi connectivity index (χ3n) is 2.14. The molecule has 1 rings (SSSR count). The maximum atomic E-state index is 13.6. The second-order valence-corrected chi connectivity index (χ2v) is 3.25. The molecule has 0 aliphatic rings. The lowest BCUT2D eigenvalue weighted by Crippen LogP contribution is -2.18. The van der Waals surface area contributed by atoms with E-state index in [1.54, 1.807) is 18.2 Å². The van der Waals surface area contributed by atoms with Gasteiger partial charge in [0, 0.05) is 12.1 Å². The maximum absolute atomic E-state index is 13.6. The third kappa shape index (κ3) is 3.49. The molecule has 0 saturated carbocycles. The van der Waals surface area contributed by atoms with E-state index in [0.29, 0.717) is 18.7 Å². The molecule has 0 spiro atoms. The molecule has 0 saturated heterocycles. The van der Waals surface area contributed by atoms with Gasteiger partial charge in [-0.1, -0.05) is 12.1 Å². The maximum Gasteiger partial charge on any atom is 0.169 e. The molecule has 0 aliphatic carbocycles. The van der Waals surface area contributed by atoms with Gasteiger partial charge in [0.15, 0.2) is 11.6 Å². The van der Waals surface area contributed by atoms with Gasteiger partial charge < -0.3 is 15.8 Å². The molecule has 0 aromatic heterocycles. The van der Waals surface area contributed by atoms with Gasteiger partial charge in [-0.05, 0) is 25.6 Å². The van der Waals surface area contributed by atoms with Gasteiger partial charge in [0.25, 0.3) is 0 Å². The molecule has 0 unspecified atom stereocenters. The van der Waals surface area contributed by atoms with Gasteiger partial charge in [-0.2, -0.15) is 0 Å². The van der Waals surface area contributed by atoms with Gasteiger partial charge in [-0.15, -0.1) is 0 Å². The molecule has 0 radical (unpaired) electrons. The number of nitrogens with one attached hydrogen (secondary N) is 1. The molecule has 1 aromatic rings. The molecule has 0 heterocycles. The fourth-order valence-electron chi connectivity index (χ4n) is 1.30. The molecule has 3 N–H and O–H groups in total. The lowest BCUT2D eigenvalue weighted by atomic mass is 10.2. The summed E-state index contributed by atoms with van der Waals surface area (Å²) in [6.07, 6.45) is 0.894. The van der Waals surface area contributed by atoms with Gasteiger partial charge in [0.1, 0.15) is 0 Å². The van der Waals surface area contributed by atoms with E-state index in [0.717, 1.165) is 13.0 Å². The number of rotatable bonds is 6. The van der Waals surface area contributed by atoms with E-state index in [4.69, 9.17) is 10.5 Å². The molecule has 0 fully saturated rings. The minimum Gasteiger partial charge on any atom is -0.494 e. The Hall–Kier alpha value is -1.13. The smallest absolute Gasteiger partial charge is 0.169 e. The van der Waals surface area contributed by atoms with Crippen LogP contribution in [0.2, 0.25) is 0 Å². The van der Waals surface area contributed by atoms with Gasteiger partial charge >= 0.3 is 0 Å². The fraction of sp³-hybridized carbons (Fsp3) is 0.455. The third-order valence-corrected chi connectivity index (χ3v) is 2.14. The van der Waals surface area contributed by atoms with E-state index in [9.17, 15) is 4.39 Å². The summed E-state index contributed by atoms with van der Waals surface area (Å²) in [5.41, 5.74) is 5.97. The van der Waals surface area contributed by atoms with Crippen LogP contribution in [-0.2, 0) is 6.54 Å². The first-order chi connectivity index (χ1) is 7.29. The van der Waals surface area contributed by atoms with Crippen LogP contribution in [-0.4, -0.2) is 20.2 Å². The quantitative estimate of drug-likeness (QED) is 0.698. The van der Waals surface area contributed by atoms with Crippen LogP contribution < -0.4 is 15.8 Å². The Bertz CT molecular complexity index is 305. The summed E-state index contributed by atoms with van der Waals surface area (Å²) in [5.74, 6) is -0.00614. The number of halogens is 1. The van der Waals surface area contributed by atoms with Crippen LogP contribution in [0.1, 0.15) is 12.0 Å². The molecule has 0 aliphatic heterocycles. The van der Waals surface area contributed by atoms with Crippen LogP contribution in [0.25, 0.3) is 0 Å². The Balaban J connectivity index is 2.53. The van der Waals surface area contributed by atoms with E-state index in [-0.39, 0.29) is 11.6 Å². The Kier molecular flexibility index (Phi) is 5.07. The molecule has 4 heteroatoms. The summed E-state index contributed by atoms with van der Waals surface area (Å²) in [4.78, 5) is 0. The van der Waals surface area contributed by atoms with Crippen molar-refractivity contribution in [3.8, 4) is 5.75 Å². The van der Waals surface area contributed by atoms with Crippen molar-refractivity contribution >= 4 is 0 Å². The molecule has 0 atom stereocenters. The molecule has 3 nitrogen and oxygen atoms in total. The monoisotopic (exact) mass is 212 g/mol. The zero-order valence-electron chi connectivity index (χ0n) is 8.92. The number of hydrogen-bond donors (Lipinski definition) is 2. The Morgan fingerprint density at radius 1 is 1.47 bits per heavy atom. The molecular weight excluding hydrogens is 195 g/mol. The number of nitrogens with two attached hydrogens (primary N) is 1. The van der Waals surface area contributed by atoms with Crippen molar-refractivity contribution in [1.82, 2.24) is 5.32 Å². The number of methoxy groups -OCH3 is 1. The van der Waals surface area contributed by atoms with Crippen molar-refractivity contribution in [2.24, 2.45) is 5.73 Å². The average molecular weight is 212 g/mol. The first-order valence-corrected chi connectivity index (χ1v) is 5.01. The largest absolute Gasteiger partial charge is 0.494 e. The van der Waals surface area contributed by atoms with Gasteiger partial charge in [-0.25, -0.2) is 4.39 Å². The summed E-state index contributed by atoms with van der Waals surface area (Å²) in [7, 11) is 1.46. The molecule has 0 amide bonds. The summed E-state index contributed by atoms with van der Waals surface area (Å²) in [5, 5.41) is 3.12. The highest BCUT2D eigenvalue weighted by molar-refractivity contribution is 5.30. The van der Waals surface area contributed by atoms with Gasteiger partial charge in [0.05, 0.1) is 7.11 Å². The topological polar surface area (TPSA) is 47.3 Å². The fourth-order valence-corrected chi connectivity index (χ4v) is 1.30. The van der Waals surface area contributed by atoms with Gasteiger partial charge in [-0.3, -0.25) is 0 Å². The lowest BCUT2D eigenvalue weighted by molar-refractivity contribution is 0.383. The van der Waals surface area contributed by atoms with Crippen LogP contribution in [0.3, 0.4) is 0 Å². The van der Waals surface area contributed by atoms with Crippen LogP contribution in [0.4, 0.5) is 4.39 Å². The normalized spacial score (nSPS) is 10.3. The standard InChI is InChI=1S/C11H17FN2O/c1-15-10-5-2-4-9(11(10)12)8-14-7-3-6-13/h2,4-5,14H,3,6-8,13H2,1H3. The Morgan fingerprint density at radius 2 is 2.27 bits per heavy atom. The van der Waals surface area contributed by atoms with Crippen molar-refractivity contribution < 1.29 is 9.13 Å². The van der Waals surface area contributed by atoms with E-state index in [2.05, 4.69) is 5.32 Å². The van der Waals surface area contributed by atoms with Gasteiger partial charge in [0.2, 0.25) is 0 Å². The highest BCUT2D eigenvalue weighted by Gasteiger charge is 2.06. The second kappa shape index (κ2) is 6.37. The average Bonchev–Trinajstić information content (AvgIpc) is 2.26. The van der Waals surface area contributed by atoms with E-state index in [1.807, 2.05) is 0 Å². The number of ether oxygens (including phenoxy) is 1. The molecule has 15 heavy (non-hydrogen) atoms. The lowest BCUT2D eigenvalue weighted by Gasteiger charge is -2.08. The summed E-state index contributed by atoms with van der Waals surface area (Å²) >= 11 is 0. The molecule has 84 valence electrons. The predicted molar refractivity (Wildman–Crippen MR) is 58.3 cm³/mol. The Morgan fingerprint density at radius 3 is 2.93 bits per heavy atom. The summed E-state index contributed by atoms with van der Waals surface area (Å²) in [6, 6.07) is 5.13. The molecule has 0 bridgehead atoms. The van der Waals surface area contributed by atoms with E-state index >= 15 is 0 Å². The number of hydrogen-bond acceptors (Lipinski definition) is 3. The van der Waals surface area contributed by atoms with Crippen LogP contribution in [0.15, 0.2) is 18.2 Å². The highest BCUT2D eigenvalue weighted by Crippen LogP contribution is 2.19. The van der Waals surface area contributed by atoms with Crippen molar-refractivity contribution in [1.29, 1.82) is 0 Å². The summed E-state index contributed by atoms with van der Waals surface area (Å²) < 4.78 is 18.5. The van der Waals surface area contributed by atoms with E-state index in [1.165, 1.54) is 7.11 Å². The van der Waals surface area contributed by atoms with E-state index < -0.39 is 0 Å². The zero-order valence-corrected chi connectivity index (χ0v) is 8.92. The minimum atomic E-state index is -0.291.